The summed E-state index contributed by atoms with van der Waals surface area (Å²) in [5.74, 6) is -0.588. The van der Waals surface area contributed by atoms with Crippen molar-refractivity contribution in [2.24, 2.45) is 0 Å². The molecule has 0 radical (unpaired) electrons. The molecule has 0 aliphatic rings. The number of benzene rings is 1. The summed E-state index contributed by atoms with van der Waals surface area (Å²) in [6.07, 6.45) is 0. The maximum atomic E-state index is 11.6. The molecule has 0 saturated heterocycles. The van der Waals surface area contributed by atoms with Crippen molar-refractivity contribution in [3.05, 3.63) is 29.8 Å². The van der Waals surface area contributed by atoms with E-state index in [4.69, 9.17) is 0 Å². The van der Waals surface area contributed by atoms with E-state index in [2.05, 4.69) is 22.6 Å². The molecule has 82 valence electrons. The lowest BCUT2D eigenvalue weighted by Crippen LogP contribution is -2.28. The number of nitrogens with one attached hydrogen (secondary N) is 1. The number of carbonyl (C=O) groups is 1. The minimum Gasteiger partial charge on any atom is -0.274 e. The molecule has 1 aromatic rings. The highest BCUT2D eigenvalue weighted by Gasteiger charge is 2.15. The maximum absolute atomic E-state index is 11.6. The molecule has 1 amide bonds. The molecule has 0 fully saturated rings. The van der Waals surface area contributed by atoms with E-state index in [-0.39, 0.29) is 4.90 Å². The van der Waals surface area contributed by atoms with Crippen LogP contribution in [0.2, 0.25) is 0 Å². The van der Waals surface area contributed by atoms with Crippen molar-refractivity contribution in [2.45, 2.75) is 16.2 Å². The predicted molar refractivity (Wildman–Crippen MR) is 65.2 cm³/mol. The van der Waals surface area contributed by atoms with Gasteiger partial charge in [-0.25, -0.2) is 13.1 Å². The molecule has 0 saturated carbocycles. The lowest BCUT2D eigenvalue weighted by Gasteiger charge is -2.05. The first-order valence-corrected chi connectivity index (χ1v) is 7.15. The number of hydrogen-bond acceptors (Lipinski definition) is 3. The summed E-state index contributed by atoms with van der Waals surface area (Å²) in [6, 6.07) is 6.50. The monoisotopic (exact) mass is 339 g/mol. The quantitative estimate of drug-likeness (QED) is 0.670. The second kappa shape index (κ2) is 4.93. The first-order chi connectivity index (χ1) is 6.95. The number of rotatable bonds is 3. The molecule has 1 rings (SSSR count). The van der Waals surface area contributed by atoms with Crippen molar-refractivity contribution < 1.29 is 13.2 Å². The van der Waals surface area contributed by atoms with E-state index in [1.54, 1.807) is 12.1 Å². The third-order valence-corrected chi connectivity index (χ3v) is 3.95. The minimum atomic E-state index is -3.69. The Morgan fingerprint density at radius 1 is 1.47 bits per heavy atom. The fourth-order valence-corrected chi connectivity index (χ4v) is 2.58. The Balaban J connectivity index is 3.10. The van der Waals surface area contributed by atoms with E-state index in [9.17, 15) is 13.2 Å². The number of alkyl halides is 1. The Morgan fingerprint density at radius 2 is 2.13 bits per heavy atom. The third-order valence-electron chi connectivity index (χ3n) is 1.64. The molecule has 0 aromatic heterocycles. The van der Waals surface area contributed by atoms with Gasteiger partial charge in [-0.05, 0) is 17.7 Å². The van der Waals surface area contributed by atoms with Crippen molar-refractivity contribution in [2.75, 3.05) is 0 Å². The Bertz CT molecular complexity index is 470. The summed E-state index contributed by atoms with van der Waals surface area (Å²) >= 11 is 2.14. The van der Waals surface area contributed by atoms with Crippen LogP contribution in [-0.2, 0) is 19.2 Å². The second-order valence-electron chi connectivity index (χ2n) is 2.94. The van der Waals surface area contributed by atoms with Gasteiger partial charge in [0, 0.05) is 11.4 Å². The molecule has 0 aliphatic carbocycles. The summed E-state index contributed by atoms with van der Waals surface area (Å²) in [4.78, 5) is 10.8. The summed E-state index contributed by atoms with van der Waals surface area (Å²) in [5.41, 5.74) is 0.905. The Morgan fingerprint density at radius 3 is 2.67 bits per heavy atom. The summed E-state index contributed by atoms with van der Waals surface area (Å²) in [5, 5.41) is 0. The number of sulfonamides is 1. The Kier molecular flexibility index (Phi) is 4.09. The van der Waals surface area contributed by atoms with Gasteiger partial charge in [0.15, 0.2) is 0 Å². The number of hydrogen-bond donors (Lipinski definition) is 1. The molecule has 6 heteroatoms. The van der Waals surface area contributed by atoms with E-state index in [1.807, 2.05) is 10.8 Å². The highest BCUT2D eigenvalue weighted by atomic mass is 127. The van der Waals surface area contributed by atoms with Gasteiger partial charge in [-0.1, -0.05) is 34.7 Å². The molecule has 15 heavy (non-hydrogen) atoms. The van der Waals surface area contributed by atoms with Gasteiger partial charge in [0.1, 0.15) is 0 Å². The number of halogens is 1. The Hall–Kier alpha value is -0.630. The van der Waals surface area contributed by atoms with Gasteiger partial charge >= 0.3 is 0 Å². The molecule has 0 spiro atoms. The van der Waals surface area contributed by atoms with Crippen molar-refractivity contribution in [3.8, 4) is 0 Å². The van der Waals surface area contributed by atoms with Crippen LogP contribution >= 0.6 is 22.6 Å². The van der Waals surface area contributed by atoms with Crippen LogP contribution in [0.15, 0.2) is 29.2 Å². The predicted octanol–water partition coefficient (Wildman–Crippen LogP) is 1.45. The second-order valence-corrected chi connectivity index (χ2v) is 5.39. The van der Waals surface area contributed by atoms with Crippen molar-refractivity contribution in [3.63, 3.8) is 0 Å². The van der Waals surface area contributed by atoms with E-state index in [0.29, 0.717) is 0 Å². The van der Waals surface area contributed by atoms with Crippen LogP contribution in [-0.4, -0.2) is 14.3 Å². The van der Waals surface area contributed by atoms with Crippen LogP contribution in [0.3, 0.4) is 0 Å². The normalized spacial score (nSPS) is 11.1. The fraction of sp³-hybridized carbons (Fsp3) is 0.222. The summed E-state index contributed by atoms with van der Waals surface area (Å²) < 4.78 is 25.8. The summed E-state index contributed by atoms with van der Waals surface area (Å²) in [6.45, 7) is 1.17. The first kappa shape index (κ1) is 12.4. The zero-order valence-electron chi connectivity index (χ0n) is 8.03. The average Bonchev–Trinajstić information content (AvgIpc) is 2.16. The van der Waals surface area contributed by atoms with Crippen LogP contribution in [0.25, 0.3) is 0 Å². The van der Waals surface area contributed by atoms with Crippen LogP contribution in [0.5, 0.6) is 0 Å². The topological polar surface area (TPSA) is 63.2 Å². The lowest BCUT2D eigenvalue weighted by molar-refractivity contribution is -0.117. The standard InChI is InChI=1S/C9H10INO3S/c1-7(12)11-15(13,14)9-4-2-3-8(5-9)6-10/h2-5H,6H2,1H3,(H,11,12). The zero-order chi connectivity index (χ0) is 11.5. The first-order valence-electron chi connectivity index (χ1n) is 4.14. The van der Waals surface area contributed by atoms with Gasteiger partial charge in [0.25, 0.3) is 10.0 Å². The lowest BCUT2D eigenvalue weighted by atomic mass is 10.2. The van der Waals surface area contributed by atoms with E-state index < -0.39 is 15.9 Å². The van der Waals surface area contributed by atoms with Crippen LogP contribution in [0.1, 0.15) is 12.5 Å². The molecule has 0 aliphatic heterocycles. The zero-order valence-corrected chi connectivity index (χ0v) is 11.0. The maximum Gasteiger partial charge on any atom is 0.264 e. The van der Waals surface area contributed by atoms with Crippen molar-refractivity contribution >= 4 is 38.5 Å². The van der Waals surface area contributed by atoms with E-state index in [1.165, 1.54) is 13.0 Å². The summed E-state index contributed by atoms with van der Waals surface area (Å²) in [7, 11) is -3.69. The molecule has 1 N–H and O–H groups in total. The highest BCUT2D eigenvalue weighted by molar-refractivity contribution is 14.1. The molecule has 0 atom stereocenters. The molecule has 4 nitrogen and oxygen atoms in total. The van der Waals surface area contributed by atoms with E-state index in [0.717, 1.165) is 9.99 Å². The van der Waals surface area contributed by atoms with Crippen LogP contribution < -0.4 is 4.72 Å². The van der Waals surface area contributed by atoms with Crippen LogP contribution in [0.4, 0.5) is 0 Å². The molecule has 0 bridgehead atoms. The van der Waals surface area contributed by atoms with E-state index >= 15 is 0 Å². The van der Waals surface area contributed by atoms with Crippen molar-refractivity contribution in [1.82, 2.24) is 4.72 Å². The molecule has 0 heterocycles. The number of amides is 1. The molecule has 0 unspecified atom stereocenters. The van der Waals surface area contributed by atoms with Gasteiger partial charge in [-0.2, -0.15) is 0 Å². The van der Waals surface area contributed by atoms with Gasteiger partial charge < -0.3 is 0 Å². The smallest absolute Gasteiger partial charge is 0.264 e. The molecule has 1 aromatic carbocycles. The van der Waals surface area contributed by atoms with Gasteiger partial charge in [0.2, 0.25) is 5.91 Å². The van der Waals surface area contributed by atoms with Gasteiger partial charge in [-0.15, -0.1) is 0 Å². The largest absolute Gasteiger partial charge is 0.274 e. The average molecular weight is 339 g/mol. The Labute approximate surface area is 102 Å². The van der Waals surface area contributed by atoms with Crippen LogP contribution in [0, 0.1) is 0 Å². The SMILES string of the molecule is CC(=O)NS(=O)(=O)c1cccc(CI)c1. The molecular formula is C9H10INO3S. The third kappa shape index (κ3) is 3.45. The van der Waals surface area contributed by atoms with Crippen molar-refractivity contribution in [1.29, 1.82) is 0 Å². The minimum absolute atomic E-state index is 0.117. The molecular weight excluding hydrogens is 329 g/mol. The van der Waals surface area contributed by atoms with Gasteiger partial charge in [0.05, 0.1) is 4.90 Å². The highest BCUT2D eigenvalue weighted by Crippen LogP contribution is 2.13. The number of carbonyl (C=O) groups excluding carboxylic acids is 1. The fourth-order valence-electron chi connectivity index (χ4n) is 1.04. The van der Waals surface area contributed by atoms with Gasteiger partial charge in [-0.3, -0.25) is 4.79 Å².